The van der Waals surface area contributed by atoms with Crippen molar-refractivity contribution in [2.45, 2.75) is 26.0 Å². The van der Waals surface area contributed by atoms with E-state index in [2.05, 4.69) is 20.1 Å². The maximum absolute atomic E-state index is 13.3. The molecule has 2 aromatic rings. The molecule has 1 unspecified atom stereocenters. The summed E-state index contributed by atoms with van der Waals surface area (Å²) in [6.45, 7) is 7.22. The molecular weight excluding hydrogens is 345 g/mol. The van der Waals surface area contributed by atoms with E-state index in [-0.39, 0.29) is 11.1 Å². The number of nitrogens with zero attached hydrogens (tertiary/aromatic N) is 5. The van der Waals surface area contributed by atoms with Gasteiger partial charge in [-0.1, -0.05) is 23.7 Å². The van der Waals surface area contributed by atoms with Crippen LogP contribution in [-0.2, 0) is 6.54 Å². The number of benzene rings is 1. The molecule has 6 nitrogen and oxygen atoms in total. The Morgan fingerprint density at radius 1 is 1.24 bits per heavy atom. The number of aromatic nitrogens is 3. The fraction of sp³-hybridized carbons (Fsp3) is 0.529. The van der Waals surface area contributed by atoms with Gasteiger partial charge < -0.3 is 5.11 Å². The Hall–Kier alpha value is -1.54. The molecule has 3 rings (SSSR count). The minimum Gasteiger partial charge on any atom is -0.392 e. The van der Waals surface area contributed by atoms with Gasteiger partial charge in [-0.05, 0) is 24.6 Å². The normalized spacial score (nSPS) is 17.8. The summed E-state index contributed by atoms with van der Waals surface area (Å²) in [5.74, 6) is -0.447. The molecule has 1 N–H and O–H groups in total. The smallest absolute Gasteiger partial charge is 0.141 e. The molecule has 1 saturated heterocycles. The van der Waals surface area contributed by atoms with E-state index in [1.54, 1.807) is 10.7 Å². The van der Waals surface area contributed by atoms with Gasteiger partial charge in [0.15, 0.2) is 0 Å². The molecular formula is C17H23ClFN5O. The summed E-state index contributed by atoms with van der Waals surface area (Å²) < 4.78 is 14.9. The molecule has 25 heavy (non-hydrogen) atoms. The van der Waals surface area contributed by atoms with Crippen LogP contribution in [0.4, 0.5) is 4.39 Å². The average molecular weight is 368 g/mol. The monoisotopic (exact) mass is 367 g/mol. The van der Waals surface area contributed by atoms with Gasteiger partial charge in [-0.25, -0.2) is 9.07 Å². The van der Waals surface area contributed by atoms with E-state index < -0.39 is 5.82 Å². The Morgan fingerprint density at radius 3 is 2.64 bits per heavy atom. The van der Waals surface area contributed by atoms with E-state index in [4.69, 9.17) is 11.6 Å². The molecule has 1 fully saturated rings. The van der Waals surface area contributed by atoms with Crippen molar-refractivity contribution < 1.29 is 9.50 Å². The van der Waals surface area contributed by atoms with E-state index in [0.29, 0.717) is 5.69 Å². The highest BCUT2D eigenvalue weighted by Gasteiger charge is 2.19. The molecule has 1 aromatic carbocycles. The van der Waals surface area contributed by atoms with Crippen molar-refractivity contribution in [3.05, 3.63) is 40.9 Å². The molecule has 0 saturated carbocycles. The largest absolute Gasteiger partial charge is 0.392 e. The predicted octanol–water partition coefficient (Wildman–Crippen LogP) is 1.95. The zero-order chi connectivity index (χ0) is 17.8. The Balaban J connectivity index is 1.55. The first-order valence-corrected chi connectivity index (χ1v) is 8.92. The maximum Gasteiger partial charge on any atom is 0.141 e. The molecule has 1 atom stereocenters. The first-order valence-electron chi connectivity index (χ1n) is 8.54. The summed E-state index contributed by atoms with van der Waals surface area (Å²) in [6, 6.07) is 4.48. The number of aliphatic hydroxyl groups is 1. The second-order valence-corrected chi connectivity index (χ2v) is 6.80. The van der Waals surface area contributed by atoms with Crippen molar-refractivity contribution in [3.8, 4) is 5.69 Å². The third-order valence-electron chi connectivity index (χ3n) is 4.50. The Labute approximate surface area is 151 Å². The fourth-order valence-corrected chi connectivity index (χ4v) is 3.09. The molecule has 1 aliphatic rings. The van der Waals surface area contributed by atoms with Crippen molar-refractivity contribution in [2.75, 3.05) is 32.7 Å². The van der Waals surface area contributed by atoms with Gasteiger partial charge in [0.05, 0.1) is 28.7 Å². The summed E-state index contributed by atoms with van der Waals surface area (Å²) in [4.78, 5) is 4.61. The lowest BCUT2D eigenvalue weighted by Crippen LogP contribution is -2.48. The molecule has 136 valence electrons. The van der Waals surface area contributed by atoms with Gasteiger partial charge in [-0.2, -0.15) is 0 Å². The third kappa shape index (κ3) is 4.76. The minimum atomic E-state index is -0.447. The Bertz CT molecular complexity index is 702. The zero-order valence-corrected chi connectivity index (χ0v) is 15.0. The predicted molar refractivity (Wildman–Crippen MR) is 94.3 cm³/mol. The standard InChI is InChI=1S/C17H23ClFN5O/c1-2-15(25)12-23-7-5-22(6-8-23)10-13-11-24(21-20-13)14-3-4-17(19)16(18)9-14/h3-4,9,11,15,25H,2,5-8,10,12H2,1H3. The van der Waals surface area contributed by atoms with Crippen molar-refractivity contribution >= 4 is 11.6 Å². The number of hydrogen-bond donors (Lipinski definition) is 1. The molecule has 0 amide bonds. The van der Waals surface area contributed by atoms with Gasteiger partial charge >= 0.3 is 0 Å². The molecule has 2 heterocycles. The summed E-state index contributed by atoms with van der Waals surface area (Å²) >= 11 is 5.82. The molecule has 0 aliphatic carbocycles. The van der Waals surface area contributed by atoms with Gasteiger partial charge in [-0.15, -0.1) is 5.10 Å². The van der Waals surface area contributed by atoms with Crippen LogP contribution in [0.2, 0.25) is 5.02 Å². The number of halogens is 2. The van der Waals surface area contributed by atoms with Crippen LogP contribution in [0.25, 0.3) is 5.69 Å². The Kier molecular flexibility index (Phi) is 6.01. The maximum atomic E-state index is 13.3. The lowest BCUT2D eigenvalue weighted by atomic mass is 10.2. The Morgan fingerprint density at radius 2 is 1.96 bits per heavy atom. The molecule has 8 heteroatoms. The SMILES string of the molecule is CCC(O)CN1CCN(Cc2cn(-c3ccc(F)c(Cl)c3)nn2)CC1. The van der Waals surface area contributed by atoms with Gasteiger partial charge in [0.1, 0.15) is 5.82 Å². The van der Waals surface area contributed by atoms with Gasteiger partial charge in [0.2, 0.25) is 0 Å². The fourth-order valence-electron chi connectivity index (χ4n) is 2.91. The van der Waals surface area contributed by atoms with Gasteiger partial charge in [0, 0.05) is 39.3 Å². The minimum absolute atomic E-state index is 0.0694. The molecule has 1 aromatic heterocycles. The number of piperazine rings is 1. The topological polar surface area (TPSA) is 57.4 Å². The van der Waals surface area contributed by atoms with Crippen LogP contribution >= 0.6 is 11.6 Å². The molecule has 0 spiro atoms. The van der Waals surface area contributed by atoms with Crippen LogP contribution in [0.5, 0.6) is 0 Å². The van der Waals surface area contributed by atoms with Crippen molar-refractivity contribution in [1.82, 2.24) is 24.8 Å². The van der Waals surface area contributed by atoms with Gasteiger partial charge in [-0.3, -0.25) is 9.80 Å². The van der Waals surface area contributed by atoms with E-state index in [1.165, 1.54) is 12.1 Å². The van der Waals surface area contributed by atoms with E-state index in [9.17, 15) is 9.50 Å². The molecule has 0 bridgehead atoms. The highest BCUT2D eigenvalue weighted by molar-refractivity contribution is 6.30. The van der Waals surface area contributed by atoms with Crippen LogP contribution in [0.15, 0.2) is 24.4 Å². The van der Waals surface area contributed by atoms with E-state index in [1.807, 2.05) is 13.1 Å². The highest BCUT2D eigenvalue weighted by Crippen LogP contribution is 2.18. The summed E-state index contributed by atoms with van der Waals surface area (Å²) in [6.07, 6.45) is 2.39. The summed E-state index contributed by atoms with van der Waals surface area (Å²) in [5.41, 5.74) is 1.55. The van der Waals surface area contributed by atoms with E-state index >= 15 is 0 Å². The highest BCUT2D eigenvalue weighted by atomic mass is 35.5. The van der Waals surface area contributed by atoms with Crippen molar-refractivity contribution in [3.63, 3.8) is 0 Å². The summed E-state index contributed by atoms with van der Waals surface area (Å²) in [7, 11) is 0. The number of rotatable bonds is 6. The van der Waals surface area contributed by atoms with Crippen LogP contribution < -0.4 is 0 Å². The van der Waals surface area contributed by atoms with Crippen LogP contribution in [0.1, 0.15) is 19.0 Å². The van der Waals surface area contributed by atoms with Crippen LogP contribution in [0.3, 0.4) is 0 Å². The molecule has 0 radical (unpaired) electrons. The third-order valence-corrected chi connectivity index (χ3v) is 4.79. The number of hydrogen-bond acceptors (Lipinski definition) is 5. The first-order chi connectivity index (χ1) is 12.0. The average Bonchev–Trinajstić information content (AvgIpc) is 3.07. The van der Waals surface area contributed by atoms with Crippen LogP contribution in [0, 0.1) is 5.82 Å². The quantitative estimate of drug-likeness (QED) is 0.845. The van der Waals surface area contributed by atoms with Crippen molar-refractivity contribution in [1.29, 1.82) is 0 Å². The zero-order valence-electron chi connectivity index (χ0n) is 14.3. The lowest BCUT2D eigenvalue weighted by molar-refractivity contribution is 0.0683. The number of aliphatic hydroxyl groups excluding tert-OH is 1. The second-order valence-electron chi connectivity index (χ2n) is 6.39. The van der Waals surface area contributed by atoms with Crippen LogP contribution in [-0.4, -0.2) is 68.7 Å². The second kappa shape index (κ2) is 8.23. The molecule has 1 aliphatic heterocycles. The lowest BCUT2D eigenvalue weighted by Gasteiger charge is -2.35. The van der Waals surface area contributed by atoms with E-state index in [0.717, 1.165) is 51.4 Å². The van der Waals surface area contributed by atoms with Crippen molar-refractivity contribution in [2.24, 2.45) is 0 Å². The first kappa shape index (κ1) is 18.3. The number of β-amino-alcohol motifs (C(OH)–C–C–N with tert-alkyl or cyclic N) is 1. The van der Waals surface area contributed by atoms with Gasteiger partial charge in [0.25, 0.3) is 0 Å². The summed E-state index contributed by atoms with van der Waals surface area (Å²) in [5, 5.41) is 18.1.